The van der Waals surface area contributed by atoms with E-state index in [1.807, 2.05) is 6.07 Å². The van der Waals surface area contributed by atoms with Crippen molar-refractivity contribution in [3.05, 3.63) is 30.3 Å². The van der Waals surface area contributed by atoms with Gasteiger partial charge in [0.1, 0.15) is 0 Å². The summed E-state index contributed by atoms with van der Waals surface area (Å²) in [7, 11) is 0. The van der Waals surface area contributed by atoms with Crippen molar-refractivity contribution in [3.8, 4) is 0 Å². The van der Waals surface area contributed by atoms with Crippen LogP contribution in [0.25, 0.3) is 0 Å². The van der Waals surface area contributed by atoms with Crippen LogP contribution in [-0.2, 0) is 0 Å². The van der Waals surface area contributed by atoms with Crippen molar-refractivity contribution in [2.45, 2.75) is 38.1 Å². The molecule has 1 aromatic carbocycles. The number of nitrogens with one attached hydrogen (secondary N) is 1. The summed E-state index contributed by atoms with van der Waals surface area (Å²) in [5.74, 6) is 0.786. The first kappa shape index (κ1) is 11.5. The fourth-order valence-electron chi connectivity index (χ4n) is 2.84. The average molecular weight is 218 g/mol. The second-order valence-corrected chi connectivity index (χ2v) is 5.18. The fraction of sp³-hybridized carbons (Fsp3) is 0.571. The van der Waals surface area contributed by atoms with Crippen molar-refractivity contribution in [2.24, 2.45) is 11.7 Å². The molecule has 2 rings (SSSR count). The largest absolute Gasteiger partial charge is 0.378 e. The number of nitrogens with two attached hydrogens (primary N) is 1. The third-order valence-corrected chi connectivity index (χ3v) is 3.67. The minimum atomic E-state index is 0.124. The van der Waals surface area contributed by atoms with Crippen LogP contribution >= 0.6 is 0 Å². The lowest BCUT2D eigenvalue weighted by Crippen LogP contribution is -2.48. The van der Waals surface area contributed by atoms with Gasteiger partial charge in [-0.2, -0.15) is 0 Å². The van der Waals surface area contributed by atoms with E-state index in [-0.39, 0.29) is 5.54 Å². The summed E-state index contributed by atoms with van der Waals surface area (Å²) in [4.78, 5) is 0. The molecule has 1 aromatic rings. The molecule has 0 bridgehead atoms. The molecule has 0 aliphatic heterocycles. The molecule has 1 fully saturated rings. The number of benzene rings is 1. The minimum absolute atomic E-state index is 0.124. The number of hydrogen-bond donors (Lipinski definition) is 2. The maximum Gasteiger partial charge on any atom is 0.0498 e. The van der Waals surface area contributed by atoms with Crippen LogP contribution in [0.5, 0.6) is 0 Å². The molecular formula is C14H22N2. The standard InChI is InChI=1S/C14H22N2/c1-12-6-5-9-14(10-12,11-15)16-13-7-3-2-4-8-13/h2-4,7-8,12,16H,5-6,9-11,15H2,1H3. The van der Waals surface area contributed by atoms with Crippen molar-refractivity contribution in [1.29, 1.82) is 0 Å². The van der Waals surface area contributed by atoms with Gasteiger partial charge in [-0.05, 0) is 30.9 Å². The van der Waals surface area contributed by atoms with E-state index >= 15 is 0 Å². The summed E-state index contributed by atoms with van der Waals surface area (Å²) in [5, 5.41) is 3.65. The molecule has 1 aliphatic carbocycles. The SMILES string of the molecule is CC1CCCC(CN)(Nc2ccccc2)C1. The van der Waals surface area contributed by atoms with Crippen LogP contribution in [0, 0.1) is 5.92 Å². The van der Waals surface area contributed by atoms with Gasteiger partial charge in [0.2, 0.25) is 0 Å². The molecule has 0 spiro atoms. The fourth-order valence-corrected chi connectivity index (χ4v) is 2.84. The molecule has 0 heterocycles. The Morgan fingerprint density at radius 3 is 2.75 bits per heavy atom. The number of rotatable bonds is 3. The van der Waals surface area contributed by atoms with Gasteiger partial charge in [-0.1, -0.05) is 38.0 Å². The molecular weight excluding hydrogens is 196 g/mol. The Labute approximate surface area is 98.2 Å². The zero-order chi connectivity index (χ0) is 11.4. The third-order valence-electron chi connectivity index (χ3n) is 3.67. The first-order valence-electron chi connectivity index (χ1n) is 6.27. The van der Waals surface area contributed by atoms with Gasteiger partial charge in [0.05, 0.1) is 0 Å². The van der Waals surface area contributed by atoms with Gasteiger partial charge in [-0.25, -0.2) is 0 Å². The summed E-state index contributed by atoms with van der Waals surface area (Å²) >= 11 is 0. The van der Waals surface area contributed by atoms with Crippen LogP contribution in [0.15, 0.2) is 30.3 Å². The van der Waals surface area contributed by atoms with Crippen LogP contribution < -0.4 is 11.1 Å². The maximum absolute atomic E-state index is 5.99. The molecule has 88 valence electrons. The minimum Gasteiger partial charge on any atom is -0.378 e. The summed E-state index contributed by atoms with van der Waals surface area (Å²) < 4.78 is 0. The first-order chi connectivity index (χ1) is 7.74. The lowest BCUT2D eigenvalue weighted by atomic mass is 9.76. The Balaban J connectivity index is 2.10. The van der Waals surface area contributed by atoms with Gasteiger partial charge in [0, 0.05) is 17.8 Å². The van der Waals surface area contributed by atoms with Crippen LogP contribution in [0.3, 0.4) is 0 Å². The Morgan fingerprint density at radius 2 is 2.12 bits per heavy atom. The zero-order valence-corrected chi connectivity index (χ0v) is 10.1. The highest BCUT2D eigenvalue weighted by molar-refractivity contribution is 5.45. The van der Waals surface area contributed by atoms with Crippen LogP contribution in [0.2, 0.25) is 0 Å². The molecule has 16 heavy (non-hydrogen) atoms. The van der Waals surface area contributed by atoms with Gasteiger partial charge in [0.25, 0.3) is 0 Å². The Hall–Kier alpha value is -1.02. The van der Waals surface area contributed by atoms with Crippen LogP contribution in [-0.4, -0.2) is 12.1 Å². The second-order valence-electron chi connectivity index (χ2n) is 5.18. The molecule has 2 nitrogen and oxygen atoms in total. The van der Waals surface area contributed by atoms with Crippen molar-refractivity contribution in [2.75, 3.05) is 11.9 Å². The Kier molecular flexibility index (Phi) is 3.49. The van der Waals surface area contributed by atoms with Gasteiger partial charge in [0.15, 0.2) is 0 Å². The van der Waals surface area contributed by atoms with Crippen molar-refractivity contribution in [3.63, 3.8) is 0 Å². The lowest BCUT2D eigenvalue weighted by molar-refractivity contribution is 0.264. The van der Waals surface area contributed by atoms with E-state index in [1.54, 1.807) is 0 Å². The number of hydrogen-bond acceptors (Lipinski definition) is 2. The van der Waals surface area contributed by atoms with E-state index in [1.165, 1.54) is 31.4 Å². The first-order valence-corrected chi connectivity index (χ1v) is 6.27. The van der Waals surface area contributed by atoms with E-state index in [4.69, 9.17) is 5.73 Å². The molecule has 1 saturated carbocycles. The molecule has 1 aliphatic rings. The van der Waals surface area contributed by atoms with Crippen molar-refractivity contribution >= 4 is 5.69 Å². The van der Waals surface area contributed by atoms with E-state index in [9.17, 15) is 0 Å². The van der Waals surface area contributed by atoms with Gasteiger partial charge < -0.3 is 11.1 Å². The van der Waals surface area contributed by atoms with Gasteiger partial charge in [-0.3, -0.25) is 0 Å². The molecule has 2 unspecified atom stereocenters. The Morgan fingerprint density at radius 1 is 1.38 bits per heavy atom. The Bertz CT molecular complexity index is 323. The van der Waals surface area contributed by atoms with E-state index in [0.29, 0.717) is 0 Å². The normalized spacial score (nSPS) is 30.0. The smallest absolute Gasteiger partial charge is 0.0498 e. The van der Waals surface area contributed by atoms with E-state index < -0.39 is 0 Å². The van der Waals surface area contributed by atoms with Crippen LogP contribution in [0.1, 0.15) is 32.6 Å². The maximum atomic E-state index is 5.99. The predicted octanol–water partition coefficient (Wildman–Crippen LogP) is 3.01. The molecule has 0 saturated heterocycles. The molecule has 2 heteroatoms. The summed E-state index contributed by atoms with van der Waals surface area (Å²) in [5.41, 5.74) is 7.31. The van der Waals surface area contributed by atoms with Gasteiger partial charge >= 0.3 is 0 Å². The third kappa shape index (κ3) is 2.56. The van der Waals surface area contributed by atoms with E-state index in [2.05, 4.69) is 36.5 Å². The highest BCUT2D eigenvalue weighted by Gasteiger charge is 2.33. The average Bonchev–Trinajstić information content (AvgIpc) is 2.30. The van der Waals surface area contributed by atoms with Crippen molar-refractivity contribution in [1.82, 2.24) is 0 Å². The monoisotopic (exact) mass is 218 g/mol. The quantitative estimate of drug-likeness (QED) is 0.818. The molecule has 0 aromatic heterocycles. The molecule has 0 amide bonds. The summed E-state index contributed by atoms with van der Waals surface area (Å²) in [6.07, 6.45) is 5.03. The van der Waals surface area contributed by atoms with E-state index in [0.717, 1.165) is 12.5 Å². The second kappa shape index (κ2) is 4.88. The number of para-hydroxylation sites is 1. The van der Waals surface area contributed by atoms with Gasteiger partial charge in [-0.15, -0.1) is 0 Å². The molecule has 0 radical (unpaired) electrons. The summed E-state index contributed by atoms with van der Waals surface area (Å²) in [6.45, 7) is 3.06. The predicted molar refractivity (Wildman–Crippen MR) is 69.5 cm³/mol. The lowest BCUT2D eigenvalue weighted by Gasteiger charge is -2.40. The molecule has 3 N–H and O–H groups in total. The van der Waals surface area contributed by atoms with Crippen molar-refractivity contribution < 1.29 is 0 Å². The number of anilines is 1. The van der Waals surface area contributed by atoms with Crippen LogP contribution in [0.4, 0.5) is 5.69 Å². The highest BCUT2D eigenvalue weighted by Crippen LogP contribution is 2.34. The summed E-state index contributed by atoms with van der Waals surface area (Å²) in [6, 6.07) is 10.4. The molecule has 2 atom stereocenters. The zero-order valence-electron chi connectivity index (χ0n) is 10.1. The topological polar surface area (TPSA) is 38.0 Å². The highest BCUT2D eigenvalue weighted by atomic mass is 15.0.